The number of hydrogen-bond acceptors (Lipinski definition) is 4. The van der Waals surface area contributed by atoms with Crippen LogP contribution < -0.4 is 4.72 Å². The van der Waals surface area contributed by atoms with Crippen LogP contribution in [0, 0.1) is 0 Å². The molecule has 1 fully saturated rings. The van der Waals surface area contributed by atoms with E-state index in [-0.39, 0.29) is 16.8 Å². The summed E-state index contributed by atoms with van der Waals surface area (Å²) in [5, 5.41) is 0. The molecule has 2 aromatic carbocycles. The lowest BCUT2D eigenvalue weighted by atomic mass is 10.0. The van der Waals surface area contributed by atoms with Crippen LogP contribution in [0.2, 0.25) is 0 Å². The van der Waals surface area contributed by atoms with Gasteiger partial charge in [0.1, 0.15) is 0 Å². The molecule has 2 heterocycles. The monoisotopic (exact) mass is 435 g/mol. The predicted octanol–water partition coefficient (Wildman–Crippen LogP) is 4.64. The van der Waals surface area contributed by atoms with Gasteiger partial charge in [0.15, 0.2) is 0 Å². The summed E-state index contributed by atoms with van der Waals surface area (Å²) in [6, 6.07) is 18.8. The number of carbonyl (C=O) groups excluding carboxylic acids is 1. The van der Waals surface area contributed by atoms with Gasteiger partial charge >= 0.3 is 0 Å². The van der Waals surface area contributed by atoms with Gasteiger partial charge in [0.2, 0.25) is 0 Å². The fraction of sp³-hybridized carbons (Fsp3) is 0.250. The van der Waals surface area contributed by atoms with E-state index in [0.29, 0.717) is 17.8 Å². The molecule has 1 amide bonds. The highest BCUT2D eigenvalue weighted by atomic mass is 32.2. The Morgan fingerprint density at radius 1 is 0.935 bits per heavy atom. The first-order valence-corrected chi connectivity index (χ1v) is 11.9. The Labute approximate surface area is 183 Å². The van der Waals surface area contributed by atoms with E-state index in [2.05, 4.69) is 9.71 Å². The fourth-order valence-corrected chi connectivity index (χ4v) is 5.05. The van der Waals surface area contributed by atoms with Crippen LogP contribution in [0.5, 0.6) is 0 Å². The van der Waals surface area contributed by atoms with E-state index >= 15 is 0 Å². The van der Waals surface area contributed by atoms with Crippen LogP contribution in [0.25, 0.3) is 0 Å². The number of nitrogens with one attached hydrogen (secondary N) is 1. The number of benzene rings is 2. The Balaban J connectivity index is 1.59. The molecule has 6 nitrogen and oxygen atoms in total. The van der Waals surface area contributed by atoms with E-state index in [1.54, 1.807) is 54.9 Å². The van der Waals surface area contributed by atoms with Gasteiger partial charge in [-0.3, -0.25) is 14.5 Å². The summed E-state index contributed by atoms with van der Waals surface area (Å²) in [7, 11) is -3.72. The molecule has 1 N–H and O–H groups in total. The third-order valence-corrected chi connectivity index (χ3v) is 6.92. The number of nitrogens with zero attached hydrogens (tertiary/aromatic N) is 2. The largest absolute Gasteiger partial charge is 0.332 e. The Morgan fingerprint density at radius 2 is 1.71 bits per heavy atom. The highest BCUT2D eigenvalue weighted by Gasteiger charge is 2.28. The number of rotatable bonds is 5. The maximum Gasteiger partial charge on any atom is 0.261 e. The van der Waals surface area contributed by atoms with Crippen LogP contribution in [-0.4, -0.2) is 30.8 Å². The van der Waals surface area contributed by atoms with Crippen molar-refractivity contribution in [2.24, 2.45) is 0 Å². The molecule has 4 rings (SSSR count). The van der Waals surface area contributed by atoms with Crippen LogP contribution in [0.3, 0.4) is 0 Å². The van der Waals surface area contributed by atoms with Crippen LogP contribution >= 0.6 is 0 Å². The quantitative estimate of drug-likeness (QED) is 0.633. The number of hydrogen-bond donors (Lipinski definition) is 1. The van der Waals surface area contributed by atoms with Crippen molar-refractivity contribution in [3.05, 3.63) is 90.3 Å². The van der Waals surface area contributed by atoms with Crippen molar-refractivity contribution >= 4 is 21.6 Å². The molecule has 1 atom stereocenters. The molecular weight excluding hydrogens is 410 g/mol. The first-order chi connectivity index (χ1) is 15.0. The molecule has 1 unspecified atom stereocenters. The third kappa shape index (κ3) is 4.94. The third-order valence-electron chi connectivity index (χ3n) is 5.52. The molecule has 0 bridgehead atoms. The average Bonchev–Trinajstić information content (AvgIpc) is 3.06. The average molecular weight is 436 g/mol. The fourth-order valence-electron chi connectivity index (χ4n) is 3.98. The Hall–Kier alpha value is -3.19. The summed E-state index contributed by atoms with van der Waals surface area (Å²) in [5.41, 5.74) is 1.91. The minimum absolute atomic E-state index is 0.0114. The second-order valence-corrected chi connectivity index (χ2v) is 9.33. The van der Waals surface area contributed by atoms with Gasteiger partial charge < -0.3 is 4.90 Å². The zero-order valence-corrected chi connectivity index (χ0v) is 18.0. The van der Waals surface area contributed by atoms with Crippen LogP contribution in [0.4, 0.5) is 5.69 Å². The maximum atomic E-state index is 13.5. The van der Waals surface area contributed by atoms with Crippen molar-refractivity contribution in [2.75, 3.05) is 11.3 Å². The molecule has 1 aliphatic rings. The van der Waals surface area contributed by atoms with E-state index in [1.165, 1.54) is 12.1 Å². The number of likely N-dealkylation sites (tertiary alicyclic amines) is 1. The minimum Gasteiger partial charge on any atom is -0.332 e. The smallest absolute Gasteiger partial charge is 0.261 e. The van der Waals surface area contributed by atoms with Crippen molar-refractivity contribution in [2.45, 2.75) is 36.6 Å². The van der Waals surface area contributed by atoms with Crippen molar-refractivity contribution in [1.82, 2.24) is 9.88 Å². The SMILES string of the molecule is O=C(c1cccc(NS(=O)(=O)c2ccccc2)c1)N1CCCCCC1c1ccncc1. The number of aromatic nitrogens is 1. The lowest BCUT2D eigenvalue weighted by Gasteiger charge is -2.30. The van der Waals surface area contributed by atoms with Gasteiger partial charge in [-0.05, 0) is 60.9 Å². The van der Waals surface area contributed by atoms with Crippen molar-refractivity contribution in [3.63, 3.8) is 0 Å². The molecule has 0 spiro atoms. The normalized spacial score (nSPS) is 17.0. The van der Waals surface area contributed by atoms with Gasteiger partial charge in [0.25, 0.3) is 15.9 Å². The Morgan fingerprint density at radius 3 is 2.48 bits per heavy atom. The number of amides is 1. The summed E-state index contributed by atoms with van der Waals surface area (Å²) in [6.45, 7) is 0.672. The van der Waals surface area contributed by atoms with E-state index in [4.69, 9.17) is 0 Å². The van der Waals surface area contributed by atoms with Crippen molar-refractivity contribution < 1.29 is 13.2 Å². The number of pyridine rings is 1. The van der Waals surface area contributed by atoms with E-state index in [0.717, 1.165) is 31.2 Å². The number of sulfonamides is 1. The zero-order valence-electron chi connectivity index (χ0n) is 17.1. The van der Waals surface area contributed by atoms with Gasteiger partial charge in [-0.2, -0.15) is 0 Å². The number of anilines is 1. The second-order valence-electron chi connectivity index (χ2n) is 7.64. The van der Waals surface area contributed by atoms with Gasteiger partial charge in [-0.1, -0.05) is 37.1 Å². The molecular formula is C24H25N3O3S. The van der Waals surface area contributed by atoms with Crippen LogP contribution in [0.1, 0.15) is 47.6 Å². The maximum absolute atomic E-state index is 13.5. The zero-order chi connectivity index (χ0) is 21.7. The molecule has 1 saturated heterocycles. The first kappa shape index (κ1) is 21.1. The van der Waals surface area contributed by atoms with Crippen molar-refractivity contribution in [3.8, 4) is 0 Å². The summed E-state index contributed by atoms with van der Waals surface area (Å²) < 4.78 is 27.9. The molecule has 0 aliphatic carbocycles. The minimum atomic E-state index is -3.72. The molecule has 0 radical (unpaired) electrons. The molecule has 7 heteroatoms. The summed E-state index contributed by atoms with van der Waals surface area (Å²) in [5.74, 6) is -0.0931. The molecule has 1 aromatic heterocycles. The van der Waals surface area contributed by atoms with E-state index in [9.17, 15) is 13.2 Å². The lowest BCUT2D eigenvalue weighted by Crippen LogP contribution is -2.34. The van der Waals surface area contributed by atoms with Gasteiger partial charge in [0, 0.05) is 30.2 Å². The Kier molecular flexibility index (Phi) is 6.32. The summed E-state index contributed by atoms with van der Waals surface area (Å²) in [4.78, 5) is 19.6. The van der Waals surface area contributed by atoms with E-state index < -0.39 is 10.0 Å². The molecule has 160 valence electrons. The van der Waals surface area contributed by atoms with Gasteiger partial charge in [-0.25, -0.2) is 8.42 Å². The lowest BCUT2D eigenvalue weighted by molar-refractivity contribution is 0.0681. The standard InChI is InChI=1S/C24H25N3O3S/c28-24(27-17-6-2-5-12-23(27)19-13-15-25-16-14-19)20-8-7-9-21(18-20)26-31(29,30)22-10-3-1-4-11-22/h1,3-4,7-11,13-16,18,23,26H,2,5-6,12,17H2. The molecule has 0 saturated carbocycles. The summed E-state index contributed by atoms with van der Waals surface area (Å²) >= 11 is 0. The van der Waals surface area contributed by atoms with E-state index in [1.807, 2.05) is 17.0 Å². The van der Waals surface area contributed by atoms with Crippen LogP contribution in [0.15, 0.2) is 84.0 Å². The first-order valence-electron chi connectivity index (χ1n) is 10.4. The Bertz CT molecular complexity index is 1140. The predicted molar refractivity (Wildman–Crippen MR) is 120 cm³/mol. The topological polar surface area (TPSA) is 79.4 Å². The van der Waals surface area contributed by atoms with Gasteiger partial charge in [-0.15, -0.1) is 0 Å². The highest BCUT2D eigenvalue weighted by Crippen LogP contribution is 2.31. The highest BCUT2D eigenvalue weighted by molar-refractivity contribution is 7.92. The molecule has 3 aromatic rings. The summed E-state index contributed by atoms with van der Waals surface area (Å²) in [6.07, 6.45) is 7.50. The molecule has 31 heavy (non-hydrogen) atoms. The second kappa shape index (κ2) is 9.31. The van der Waals surface area contributed by atoms with Crippen molar-refractivity contribution in [1.29, 1.82) is 0 Å². The van der Waals surface area contributed by atoms with Crippen LogP contribution in [-0.2, 0) is 10.0 Å². The number of carbonyl (C=O) groups is 1. The van der Waals surface area contributed by atoms with Gasteiger partial charge in [0.05, 0.1) is 10.9 Å². The molecule has 1 aliphatic heterocycles.